The van der Waals surface area contributed by atoms with Gasteiger partial charge in [-0.05, 0) is 6.42 Å². The minimum atomic E-state index is -0.312. The van der Waals surface area contributed by atoms with E-state index in [9.17, 15) is 9.59 Å². The molecule has 112 valence electrons. The number of hydrogen-bond donors (Lipinski definition) is 4. The summed E-state index contributed by atoms with van der Waals surface area (Å²) in [6, 6.07) is 0. The van der Waals surface area contributed by atoms with E-state index in [1.807, 2.05) is 6.92 Å². The van der Waals surface area contributed by atoms with Crippen molar-refractivity contribution in [3.63, 3.8) is 0 Å². The van der Waals surface area contributed by atoms with Crippen LogP contribution in [0.1, 0.15) is 35.1 Å². The summed E-state index contributed by atoms with van der Waals surface area (Å²) in [5.41, 5.74) is 2.28. The minimum absolute atomic E-state index is 0. The van der Waals surface area contributed by atoms with Crippen molar-refractivity contribution >= 4 is 24.2 Å². The molecule has 2 heterocycles. The van der Waals surface area contributed by atoms with Gasteiger partial charge >= 0.3 is 0 Å². The molecule has 0 fully saturated rings. The number of hydrogen-bond acceptors (Lipinski definition) is 4. The van der Waals surface area contributed by atoms with Gasteiger partial charge in [-0.2, -0.15) is 5.10 Å². The van der Waals surface area contributed by atoms with Crippen LogP contribution < -0.4 is 16.0 Å². The zero-order valence-electron chi connectivity index (χ0n) is 11.4. The lowest BCUT2D eigenvalue weighted by molar-refractivity contribution is -0.120. The van der Waals surface area contributed by atoms with Crippen molar-refractivity contribution in [2.24, 2.45) is 0 Å². The molecule has 0 saturated carbocycles. The number of carbonyl (C=O) groups is 2. The predicted octanol–water partition coefficient (Wildman–Crippen LogP) is -0.267. The molecule has 0 bridgehead atoms. The van der Waals surface area contributed by atoms with Crippen LogP contribution in [-0.2, 0) is 17.8 Å². The van der Waals surface area contributed by atoms with Crippen LogP contribution in [0.25, 0.3) is 0 Å². The highest BCUT2D eigenvalue weighted by Gasteiger charge is 2.21. The highest BCUT2D eigenvalue weighted by molar-refractivity contribution is 5.96. The molecule has 0 aliphatic carbocycles. The molecular weight excluding hydrogens is 282 g/mol. The lowest BCUT2D eigenvalue weighted by atomic mass is 10.1. The van der Waals surface area contributed by atoms with Crippen molar-refractivity contribution in [2.45, 2.75) is 26.3 Å². The number of nitrogens with one attached hydrogen (secondary N) is 4. The van der Waals surface area contributed by atoms with Gasteiger partial charge < -0.3 is 16.0 Å². The van der Waals surface area contributed by atoms with Gasteiger partial charge in [0.25, 0.3) is 5.91 Å². The van der Waals surface area contributed by atoms with E-state index in [1.165, 1.54) is 0 Å². The third-order valence-electron chi connectivity index (χ3n) is 3.00. The maximum absolute atomic E-state index is 12.0. The first kappa shape index (κ1) is 16.5. The summed E-state index contributed by atoms with van der Waals surface area (Å²) in [7, 11) is 0. The quantitative estimate of drug-likeness (QED) is 0.602. The van der Waals surface area contributed by atoms with Crippen molar-refractivity contribution in [1.29, 1.82) is 0 Å². The van der Waals surface area contributed by atoms with Crippen molar-refractivity contribution in [2.75, 3.05) is 19.6 Å². The Labute approximate surface area is 123 Å². The standard InChI is InChI=1S/C12H19N5O2.ClH/c1-2-4-14-10(18)7-15-12(19)11-8-6-13-5-3-9(8)16-17-11;/h13H,2-7H2,1H3,(H,14,18)(H,15,19)(H,16,17);1H. The van der Waals surface area contributed by atoms with Crippen LogP contribution in [0.15, 0.2) is 0 Å². The first-order valence-electron chi connectivity index (χ1n) is 6.54. The molecule has 0 atom stereocenters. The Morgan fingerprint density at radius 2 is 2.15 bits per heavy atom. The van der Waals surface area contributed by atoms with E-state index < -0.39 is 0 Å². The van der Waals surface area contributed by atoms with Crippen molar-refractivity contribution in [3.05, 3.63) is 17.0 Å². The van der Waals surface area contributed by atoms with Gasteiger partial charge in [0.1, 0.15) is 0 Å². The van der Waals surface area contributed by atoms with E-state index in [1.54, 1.807) is 0 Å². The SMILES string of the molecule is CCCNC(=O)CNC(=O)c1n[nH]c2c1CNCC2.Cl. The van der Waals surface area contributed by atoms with Crippen LogP contribution in [-0.4, -0.2) is 41.6 Å². The van der Waals surface area contributed by atoms with Gasteiger partial charge in [0, 0.05) is 37.3 Å². The summed E-state index contributed by atoms with van der Waals surface area (Å²) >= 11 is 0. The Bertz CT molecular complexity index is 474. The molecule has 2 rings (SSSR count). The van der Waals surface area contributed by atoms with Crippen LogP contribution in [0, 0.1) is 0 Å². The summed E-state index contributed by atoms with van der Waals surface area (Å²) in [6.07, 6.45) is 1.71. The van der Waals surface area contributed by atoms with E-state index in [0.29, 0.717) is 18.8 Å². The van der Waals surface area contributed by atoms with Gasteiger partial charge in [0.05, 0.1) is 6.54 Å². The van der Waals surface area contributed by atoms with Crippen LogP contribution in [0.5, 0.6) is 0 Å². The number of aromatic nitrogens is 2. The molecular formula is C12H20ClN5O2. The predicted molar refractivity (Wildman–Crippen MR) is 76.9 cm³/mol. The summed E-state index contributed by atoms with van der Waals surface area (Å²) in [5, 5.41) is 15.4. The lowest BCUT2D eigenvalue weighted by Crippen LogP contribution is -2.38. The molecule has 1 aliphatic heterocycles. The van der Waals surface area contributed by atoms with E-state index in [2.05, 4.69) is 26.1 Å². The van der Waals surface area contributed by atoms with E-state index in [4.69, 9.17) is 0 Å². The van der Waals surface area contributed by atoms with Crippen LogP contribution in [0.3, 0.4) is 0 Å². The van der Waals surface area contributed by atoms with Crippen molar-refractivity contribution < 1.29 is 9.59 Å². The van der Waals surface area contributed by atoms with Gasteiger partial charge in [-0.25, -0.2) is 0 Å². The fraction of sp³-hybridized carbons (Fsp3) is 0.583. The molecule has 0 aromatic carbocycles. The number of halogens is 1. The molecule has 2 amide bonds. The number of rotatable bonds is 5. The fourth-order valence-electron chi connectivity index (χ4n) is 1.98. The Morgan fingerprint density at radius 1 is 1.35 bits per heavy atom. The summed E-state index contributed by atoms with van der Waals surface area (Å²) in [5.74, 6) is -0.495. The largest absolute Gasteiger partial charge is 0.355 e. The molecule has 1 aliphatic rings. The van der Waals surface area contributed by atoms with Gasteiger partial charge in [-0.1, -0.05) is 6.92 Å². The minimum Gasteiger partial charge on any atom is -0.355 e. The molecule has 4 N–H and O–H groups in total. The second-order valence-corrected chi connectivity index (χ2v) is 4.49. The normalized spacial score (nSPS) is 13.1. The Morgan fingerprint density at radius 3 is 2.90 bits per heavy atom. The van der Waals surface area contributed by atoms with Crippen LogP contribution in [0.2, 0.25) is 0 Å². The smallest absolute Gasteiger partial charge is 0.272 e. The van der Waals surface area contributed by atoms with Gasteiger partial charge in [-0.3, -0.25) is 14.7 Å². The Balaban J connectivity index is 0.00000200. The molecule has 1 aromatic rings. The summed E-state index contributed by atoms with van der Waals surface area (Å²) in [6.45, 7) is 4.10. The third kappa shape index (κ3) is 3.94. The van der Waals surface area contributed by atoms with Crippen molar-refractivity contribution in [1.82, 2.24) is 26.1 Å². The highest BCUT2D eigenvalue weighted by Crippen LogP contribution is 2.14. The number of carbonyl (C=O) groups excluding carboxylic acids is 2. The first-order chi connectivity index (χ1) is 9.22. The Hall–Kier alpha value is -1.60. The zero-order chi connectivity index (χ0) is 13.7. The average molecular weight is 302 g/mol. The number of fused-ring (bicyclic) bond motifs is 1. The van der Waals surface area contributed by atoms with Gasteiger partial charge in [0.2, 0.25) is 5.91 Å². The second-order valence-electron chi connectivity index (χ2n) is 4.49. The molecule has 7 nitrogen and oxygen atoms in total. The summed E-state index contributed by atoms with van der Waals surface area (Å²) in [4.78, 5) is 23.4. The van der Waals surface area contributed by atoms with Gasteiger partial charge in [-0.15, -0.1) is 12.4 Å². The number of amides is 2. The summed E-state index contributed by atoms with van der Waals surface area (Å²) < 4.78 is 0. The highest BCUT2D eigenvalue weighted by atomic mass is 35.5. The molecule has 0 radical (unpaired) electrons. The van der Waals surface area contributed by atoms with Crippen molar-refractivity contribution in [3.8, 4) is 0 Å². The van der Waals surface area contributed by atoms with Gasteiger partial charge in [0.15, 0.2) is 5.69 Å². The average Bonchev–Trinajstić information content (AvgIpc) is 2.86. The van der Waals surface area contributed by atoms with E-state index in [-0.39, 0.29) is 30.8 Å². The molecule has 0 saturated heterocycles. The fourth-order valence-corrected chi connectivity index (χ4v) is 1.98. The zero-order valence-corrected chi connectivity index (χ0v) is 12.2. The van der Waals surface area contributed by atoms with E-state index in [0.717, 1.165) is 30.6 Å². The van der Waals surface area contributed by atoms with Crippen LogP contribution >= 0.6 is 12.4 Å². The third-order valence-corrected chi connectivity index (χ3v) is 3.00. The molecule has 1 aromatic heterocycles. The monoisotopic (exact) mass is 301 g/mol. The number of H-pyrrole nitrogens is 1. The number of nitrogens with zero attached hydrogens (tertiary/aromatic N) is 1. The first-order valence-corrected chi connectivity index (χ1v) is 6.54. The maximum Gasteiger partial charge on any atom is 0.272 e. The molecule has 20 heavy (non-hydrogen) atoms. The molecule has 0 unspecified atom stereocenters. The molecule has 0 spiro atoms. The second kappa shape index (κ2) is 7.86. The van der Waals surface area contributed by atoms with E-state index >= 15 is 0 Å². The maximum atomic E-state index is 12.0. The lowest BCUT2D eigenvalue weighted by Gasteiger charge is -2.12. The molecule has 8 heteroatoms. The Kier molecular flexibility index (Phi) is 6.47. The topological polar surface area (TPSA) is 98.9 Å². The number of aromatic amines is 1. The van der Waals surface area contributed by atoms with Crippen LogP contribution in [0.4, 0.5) is 0 Å².